The quantitative estimate of drug-likeness (QED) is 0.255. The summed E-state index contributed by atoms with van der Waals surface area (Å²) in [6, 6.07) is 9.42. The summed E-state index contributed by atoms with van der Waals surface area (Å²) in [6.45, 7) is 8.24. The normalized spacial score (nSPS) is 13.3. The lowest BCUT2D eigenvalue weighted by atomic mass is 9.95. The second kappa shape index (κ2) is 10.9. The summed E-state index contributed by atoms with van der Waals surface area (Å²) in [5, 5.41) is 1.42. The van der Waals surface area contributed by atoms with Gasteiger partial charge in [0.1, 0.15) is 10.8 Å². The smallest absolute Gasteiger partial charge is 0.214 e. The van der Waals surface area contributed by atoms with Crippen molar-refractivity contribution in [2.45, 2.75) is 30.7 Å². The highest BCUT2D eigenvalue weighted by Gasteiger charge is 2.14. The van der Waals surface area contributed by atoms with E-state index in [0.29, 0.717) is 23.3 Å². The first kappa shape index (κ1) is 21.2. The van der Waals surface area contributed by atoms with E-state index in [-0.39, 0.29) is 0 Å². The van der Waals surface area contributed by atoms with Crippen molar-refractivity contribution in [2.75, 3.05) is 11.3 Å². The lowest BCUT2D eigenvalue weighted by Gasteiger charge is -2.15. The molecule has 0 aliphatic heterocycles. The van der Waals surface area contributed by atoms with Crippen molar-refractivity contribution in [3.05, 3.63) is 84.1 Å². The van der Waals surface area contributed by atoms with Crippen molar-refractivity contribution in [1.82, 2.24) is 9.97 Å². The second-order valence-electron chi connectivity index (χ2n) is 6.38. The number of ether oxygens (including phenoxy) is 1. The molecule has 4 nitrogen and oxygen atoms in total. The summed E-state index contributed by atoms with van der Waals surface area (Å²) < 4.78 is 8.93. The van der Waals surface area contributed by atoms with Crippen LogP contribution in [-0.2, 0) is 0 Å². The minimum absolute atomic E-state index is 0.610. The molecule has 2 heterocycles. The van der Waals surface area contributed by atoms with E-state index in [1.54, 1.807) is 0 Å². The maximum absolute atomic E-state index is 6.43. The third kappa shape index (κ3) is 5.99. The Morgan fingerprint density at radius 2 is 2.00 bits per heavy atom. The van der Waals surface area contributed by atoms with Crippen LogP contribution in [0.5, 0.6) is 5.88 Å². The first-order chi connectivity index (χ1) is 14.2. The van der Waals surface area contributed by atoms with Crippen LogP contribution in [0.15, 0.2) is 78.4 Å². The van der Waals surface area contributed by atoms with Crippen molar-refractivity contribution in [1.29, 1.82) is 0 Å². The van der Waals surface area contributed by atoms with E-state index in [9.17, 15) is 0 Å². The minimum atomic E-state index is 0.610. The number of unbranched alkanes of at least 4 members (excludes halogenated alkanes) is 1. The fourth-order valence-electron chi connectivity index (χ4n) is 2.85. The Kier molecular flexibility index (Phi) is 7.96. The van der Waals surface area contributed by atoms with Gasteiger partial charge in [-0.3, -0.25) is 0 Å². The lowest BCUT2D eigenvalue weighted by Crippen LogP contribution is -2.01. The number of allylic oxidation sites excluding steroid dienone is 6. The van der Waals surface area contributed by atoms with E-state index in [1.807, 2.05) is 42.5 Å². The fourth-order valence-corrected chi connectivity index (χ4v) is 3.66. The first-order valence-electron chi connectivity index (χ1n) is 9.55. The van der Waals surface area contributed by atoms with E-state index in [2.05, 4.69) is 35.0 Å². The summed E-state index contributed by atoms with van der Waals surface area (Å²) in [6.07, 6.45) is 11.9. The average Bonchev–Trinajstić information content (AvgIpc) is 2.76. The maximum atomic E-state index is 6.43. The highest BCUT2D eigenvalue weighted by Crippen LogP contribution is 2.33. The molecule has 1 N–H and O–H groups in total. The van der Waals surface area contributed by atoms with Crippen LogP contribution in [0.25, 0.3) is 5.57 Å². The Morgan fingerprint density at radius 3 is 2.83 bits per heavy atom. The molecule has 0 unspecified atom stereocenters. The highest BCUT2D eigenvalue weighted by atomic mass is 35.5. The number of hydrogen-bond acceptors (Lipinski definition) is 5. The lowest BCUT2D eigenvalue weighted by molar-refractivity contribution is 0.298. The number of pyridine rings is 2. The average molecular weight is 426 g/mol. The van der Waals surface area contributed by atoms with Crippen molar-refractivity contribution in [2.24, 2.45) is 0 Å². The van der Waals surface area contributed by atoms with E-state index >= 15 is 0 Å². The van der Waals surface area contributed by atoms with Crippen LogP contribution in [0, 0.1) is 0 Å². The molecule has 0 fully saturated rings. The summed E-state index contributed by atoms with van der Waals surface area (Å²) >= 11 is 7.81. The van der Waals surface area contributed by atoms with Gasteiger partial charge >= 0.3 is 0 Å². The number of anilines is 1. The SMILES string of the molecule is C=CCCCOc1cccc(SNc2ccc(Cl)c(C3=CCCC=C3C=C)n2)n1. The third-order valence-corrected chi connectivity index (χ3v) is 5.32. The van der Waals surface area contributed by atoms with Crippen molar-refractivity contribution in [3.8, 4) is 5.88 Å². The van der Waals surface area contributed by atoms with Crippen LogP contribution in [0.3, 0.4) is 0 Å². The molecule has 0 saturated carbocycles. The third-order valence-electron chi connectivity index (χ3n) is 4.27. The Balaban J connectivity index is 1.67. The van der Waals surface area contributed by atoms with Crippen molar-refractivity contribution >= 4 is 34.9 Å². The summed E-state index contributed by atoms with van der Waals surface area (Å²) in [4.78, 5) is 9.22. The minimum Gasteiger partial charge on any atom is -0.478 e. The van der Waals surface area contributed by atoms with Crippen LogP contribution >= 0.6 is 23.5 Å². The summed E-state index contributed by atoms with van der Waals surface area (Å²) in [5.41, 5.74) is 2.85. The van der Waals surface area contributed by atoms with Crippen LogP contribution in [0.2, 0.25) is 5.02 Å². The number of aromatic nitrogens is 2. The fraction of sp³-hybridized carbons (Fsp3) is 0.217. The molecule has 29 heavy (non-hydrogen) atoms. The van der Waals surface area contributed by atoms with E-state index < -0.39 is 0 Å². The molecule has 0 aromatic carbocycles. The van der Waals surface area contributed by atoms with Gasteiger partial charge in [-0.15, -0.1) is 6.58 Å². The molecule has 6 heteroatoms. The van der Waals surface area contributed by atoms with Crippen LogP contribution < -0.4 is 9.46 Å². The van der Waals surface area contributed by atoms with Gasteiger partial charge in [0.05, 0.1) is 17.3 Å². The number of rotatable bonds is 10. The molecular weight excluding hydrogens is 402 g/mol. The Bertz CT molecular complexity index is 939. The Hall–Kier alpha value is -2.50. The Morgan fingerprint density at radius 1 is 1.14 bits per heavy atom. The predicted octanol–water partition coefficient (Wildman–Crippen LogP) is 6.88. The molecule has 0 radical (unpaired) electrons. The maximum Gasteiger partial charge on any atom is 0.214 e. The van der Waals surface area contributed by atoms with Gasteiger partial charge in [0.15, 0.2) is 0 Å². The van der Waals surface area contributed by atoms with Gasteiger partial charge in [0.2, 0.25) is 5.88 Å². The van der Waals surface area contributed by atoms with Gasteiger partial charge in [-0.25, -0.2) is 9.97 Å². The molecule has 2 aromatic heterocycles. The molecule has 2 aromatic rings. The molecule has 0 saturated heterocycles. The number of hydrogen-bond donors (Lipinski definition) is 1. The molecule has 0 atom stereocenters. The van der Waals surface area contributed by atoms with E-state index in [0.717, 1.165) is 47.5 Å². The Labute approximate surface area is 181 Å². The van der Waals surface area contributed by atoms with Gasteiger partial charge in [-0.1, -0.05) is 48.6 Å². The van der Waals surface area contributed by atoms with E-state index in [1.165, 1.54) is 11.9 Å². The van der Waals surface area contributed by atoms with Gasteiger partial charge in [0, 0.05) is 23.6 Å². The highest BCUT2D eigenvalue weighted by molar-refractivity contribution is 8.00. The molecule has 150 valence electrons. The molecule has 0 amide bonds. The van der Waals surface area contributed by atoms with Crippen molar-refractivity contribution in [3.63, 3.8) is 0 Å². The van der Waals surface area contributed by atoms with Gasteiger partial charge < -0.3 is 9.46 Å². The molecular formula is C23H24ClN3OS. The second-order valence-corrected chi connectivity index (χ2v) is 7.62. The topological polar surface area (TPSA) is 47.0 Å². The van der Waals surface area contributed by atoms with Crippen LogP contribution in [-0.4, -0.2) is 16.6 Å². The molecule has 0 bridgehead atoms. The zero-order valence-electron chi connectivity index (χ0n) is 16.2. The molecule has 0 spiro atoms. The summed E-state index contributed by atoms with van der Waals surface area (Å²) in [7, 11) is 0. The van der Waals surface area contributed by atoms with E-state index in [4.69, 9.17) is 21.3 Å². The predicted molar refractivity (Wildman–Crippen MR) is 123 cm³/mol. The van der Waals surface area contributed by atoms with Gasteiger partial charge in [0.25, 0.3) is 0 Å². The molecule has 1 aliphatic rings. The number of nitrogens with one attached hydrogen (secondary N) is 1. The van der Waals surface area contributed by atoms with Gasteiger partial charge in [-0.2, -0.15) is 0 Å². The molecule has 1 aliphatic carbocycles. The monoisotopic (exact) mass is 425 g/mol. The van der Waals surface area contributed by atoms with Crippen LogP contribution in [0.1, 0.15) is 31.4 Å². The zero-order chi connectivity index (χ0) is 20.5. The zero-order valence-corrected chi connectivity index (χ0v) is 17.8. The standard InChI is InChI=1S/C23H24ClN3OS/c1-3-5-8-16-28-21-12-9-13-22(26-21)29-27-20-15-14-19(24)23(25-20)18-11-7-6-10-17(18)4-2/h3-4,9-15H,1-2,5-8,16H2,(H,25,27). The summed E-state index contributed by atoms with van der Waals surface area (Å²) in [5.74, 6) is 1.32. The first-order valence-corrected chi connectivity index (χ1v) is 10.7. The number of halogens is 1. The largest absolute Gasteiger partial charge is 0.478 e. The van der Waals surface area contributed by atoms with Crippen molar-refractivity contribution < 1.29 is 4.74 Å². The van der Waals surface area contributed by atoms with Crippen LogP contribution in [0.4, 0.5) is 5.82 Å². The number of nitrogens with zero attached hydrogens (tertiary/aromatic N) is 2. The van der Waals surface area contributed by atoms with Gasteiger partial charge in [-0.05, 0) is 49.5 Å². The molecule has 3 rings (SSSR count).